The molecule has 0 heterocycles. The molecule has 68 heavy (non-hydrogen) atoms. The Morgan fingerprint density at radius 3 is 0.735 bits per heavy atom. The molecule has 0 atom stereocenters. The molecule has 0 nitrogen and oxygen atoms in total. The zero-order valence-corrected chi connectivity index (χ0v) is 37.2. The van der Waals surface area contributed by atoms with Gasteiger partial charge in [-0.05, 0) is 166 Å². The van der Waals surface area contributed by atoms with Gasteiger partial charge in [-0.15, -0.1) is 0 Å². The van der Waals surface area contributed by atoms with E-state index in [1.807, 2.05) is 0 Å². The summed E-state index contributed by atoms with van der Waals surface area (Å²) in [7, 11) is 0. The molecule has 14 aromatic rings. The van der Waals surface area contributed by atoms with E-state index >= 15 is 0 Å². The number of rotatable bonds is 6. The van der Waals surface area contributed by atoms with Gasteiger partial charge in [-0.3, -0.25) is 0 Å². The molecule has 0 fully saturated rings. The van der Waals surface area contributed by atoms with E-state index in [9.17, 15) is 0 Å². The van der Waals surface area contributed by atoms with Crippen molar-refractivity contribution in [3.8, 4) is 66.8 Å². The van der Waals surface area contributed by atoms with Crippen LogP contribution in [0.5, 0.6) is 0 Å². The van der Waals surface area contributed by atoms with E-state index in [0.29, 0.717) is 0 Å². The van der Waals surface area contributed by atoms with Crippen molar-refractivity contribution in [2.75, 3.05) is 0 Å². The highest BCUT2D eigenvalue weighted by Gasteiger charge is 2.22. The minimum Gasteiger partial charge on any atom is -0.0622 e. The largest absolute Gasteiger partial charge is 0.0622 e. The first-order chi connectivity index (χ1) is 33.7. The second-order valence-electron chi connectivity index (χ2n) is 18.3. The quantitative estimate of drug-likeness (QED) is 0.146. The van der Waals surface area contributed by atoms with Gasteiger partial charge in [-0.1, -0.05) is 231 Å². The van der Waals surface area contributed by atoms with E-state index in [4.69, 9.17) is 0 Å². The highest BCUT2D eigenvalue weighted by atomic mass is 14.2. The normalized spacial score (nSPS) is 11.8. The van der Waals surface area contributed by atoms with Crippen molar-refractivity contribution in [1.29, 1.82) is 0 Å². The van der Waals surface area contributed by atoms with Gasteiger partial charge in [0, 0.05) is 0 Å². The lowest BCUT2D eigenvalue weighted by molar-refractivity contribution is 1.61. The standard InChI is InChI=1S/C68H42/c1-3-15-43(16-4-1)63-41-65(47-31-27-45(28-32-47)61-39-49-19-7-9-21-51(49)53-23-11-13-25-55(53)61)59-38-36-58-64(44-17-5-2-6-18-44)42-66(60-37-35-57(63)67(59)68(58)60)48-33-29-46(30-34-48)62-40-50-20-8-10-22-52(50)54-24-12-14-26-56(54)62/h1-42H. The van der Waals surface area contributed by atoms with Gasteiger partial charge in [-0.25, -0.2) is 0 Å². The topological polar surface area (TPSA) is 0 Å². The molecular formula is C68H42. The van der Waals surface area contributed by atoms with Crippen LogP contribution in [0.1, 0.15) is 0 Å². The van der Waals surface area contributed by atoms with Gasteiger partial charge in [0.15, 0.2) is 0 Å². The monoisotopic (exact) mass is 858 g/mol. The molecule has 314 valence electrons. The Labute approximate surface area is 395 Å². The SMILES string of the molecule is c1ccc(-c2cc(-c3ccc(-c4cc5ccccc5c5ccccc45)cc3)c3ccc4c(-c5ccccc5)cc(-c5ccc(-c6cc7ccccc7c7ccccc67)cc5)c5ccc2c3c45)cc1. The van der Waals surface area contributed by atoms with Crippen molar-refractivity contribution < 1.29 is 0 Å². The van der Waals surface area contributed by atoms with Crippen molar-refractivity contribution in [3.05, 3.63) is 255 Å². The number of hydrogen-bond donors (Lipinski definition) is 0. The fourth-order valence-corrected chi connectivity index (χ4v) is 11.4. The summed E-state index contributed by atoms with van der Waals surface area (Å²) < 4.78 is 0. The lowest BCUT2D eigenvalue weighted by atomic mass is 9.81. The Hall–Kier alpha value is -8.84. The third-order valence-electron chi connectivity index (χ3n) is 14.6. The molecule has 0 aliphatic heterocycles. The van der Waals surface area contributed by atoms with Gasteiger partial charge in [0.25, 0.3) is 0 Å². The molecule has 0 heteroatoms. The average Bonchev–Trinajstić information content (AvgIpc) is 3.42. The molecule has 0 bridgehead atoms. The van der Waals surface area contributed by atoms with Gasteiger partial charge in [0.2, 0.25) is 0 Å². The Kier molecular flexibility index (Phi) is 8.69. The predicted octanol–water partition coefficient (Wildman–Crippen LogP) is 19.2. The van der Waals surface area contributed by atoms with E-state index in [1.54, 1.807) is 0 Å². The molecule has 0 aliphatic carbocycles. The van der Waals surface area contributed by atoms with Crippen LogP contribution in [-0.4, -0.2) is 0 Å². The Morgan fingerprint density at radius 2 is 0.397 bits per heavy atom. The fourth-order valence-electron chi connectivity index (χ4n) is 11.4. The minimum absolute atomic E-state index is 1.20. The number of hydrogen-bond acceptors (Lipinski definition) is 0. The number of fused-ring (bicyclic) bond motifs is 6. The third-order valence-corrected chi connectivity index (χ3v) is 14.6. The summed E-state index contributed by atoms with van der Waals surface area (Å²) in [6.07, 6.45) is 0. The molecule has 0 amide bonds. The maximum atomic E-state index is 2.44. The Balaban J connectivity index is 0.988. The molecule has 0 N–H and O–H groups in total. The maximum absolute atomic E-state index is 2.44. The zero-order valence-electron chi connectivity index (χ0n) is 37.2. The third kappa shape index (κ3) is 6.01. The second kappa shape index (κ2) is 15.4. The molecular weight excluding hydrogens is 817 g/mol. The Morgan fingerprint density at radius 1 is 0.147 bits per heavy atom. The molecule has 0 saturated carbocycles. The van der Waals surface area contributed by atoms with Gasteiger partial charge in [0.1, 0.15) is 0 Å². The van der Waals surface area contributed by atoms with Crippen molar-refractivity contribution in [2.24, 2.45) is 0 Å². The van der Waals surface area contributed by atoms with Crippen LogP contribution in [0.4, 0.5) is 0 Å². The van der Waals surface area contributed by atoms with Crippen LogP contribution < -0.4 is 0 Å². The summed E-state index contributed by atoms with van der Waals surface area (Å²) in [5.41, 5.74) is 14.7. The molecule has 0 aromatic heterocycles. The van der Waals surface area contributed by atoms with Crippen molar-refractivity contribution in [2.45, 2.75) is 0 Å². The lowest BCUT2D eigenvalue weighted by Gasteiger charge is -2.22. The van der Waals surface area contributed by atoms with Crippen LogP contribution in [0.2, 0.25) is 0 Å². The summed E-state index contributed by atoms with van der Waals surface area (Å²) in [5.74, 6) is 0. The summed E-state index contributed by atoms with van der Waals surface area (Å²) in [6, 6.07) is 94.7. The van der Waals surface area contributed by atoms with Crippen molar-refractivity contribution >= 4 is 75.4 Å². The highest BCUT2D eigenvalue weighted by Crippen LogP contribution is 2.49. The van der Waals surface area contributed by atoms with E-state index < -0.39 is 0 Å². The van der Waals surface area contributed by atoms with E-state index in [2.05, 4.69) is 255 Å². The van der Waals surface area contributed by atoms with E-state index in [0.717, 1.165) is 0 Å². The smallest absolute Gasteiger partial charge is 0.00139 e. The molecule has 0 spiro atoms. The average molecular weight is 859 g/mol. The fraction of sp³-hybridized carbons (Fsp3) is 0. The van der Waals surface area contributed by atoms with Crippen LogP contribution in [0.15, 0.2) is 255 Å². The van der Waals surface area contributed by atoms with Gasteiger partial charge < -0.3 is 0 Å². The number of benzene rings is 14. The van der Waals surface area contributed by atoms with Crippen molar-refractivity contribution in [1.82, 2.24) is 0 Å². The summed E-state index contributed by atoms with van der Waals surface area (Å²) in [5, 5.41) is 17.9. The first kappa shape index (κ1) is 38.4. The highest BCUT2D eigenvalue weighted by molar-refractivity contribution is 6.32. The first-order valence-corrected chi connectivity index (χ1v) is 23.7. The summed E-state index contributed by atoms with van der Waals surface area (Å²) in [6.45, 7) is 0. The predicted molar refractivity (Wildman–Crippen MR) is 293 cm³/mol. The van der Waals surface area contributed by atoms with E-state index in [1.165, 1.54) is 142 Å². The molecule has 0 unspecified atom stereocenters. The lowest BCUT2D eigenvalue weighted by Crippen LogP contribution is -1.94. The summed E-state index contributed by atoms with van der Waals surface area (Å²) in [4.78, 5) is 0. The van der Waals surface area contributed by atoms with Crippen molar-refractivity contribution in [3.63, 3.8) is 0 Å². The van der Waals surface area contributed by atoms with Crippen LogP contribution in [-0.2, 0) is 0 Å². The minimum atomic E-state index is 1.20. The van der Waals surface area contributed by atoms with Crippen LogP contribution in [0.25, 0.3) is 142 Å². The van der Waals surface area contributed by atoms with Gasteiger partial charge >= 0.3 is 0 Å². The van der Waals surface area contributed by atoms with Crippen LogP contribution in [0, 0.1) is 0 Å². The second-order valence-corrected chi connectivity index (χ2v) is 18.3. The molecule has 0 radical (unpaired) electrons. The summed E-state index contributed by atoms with van der Waals surface area (Å²) >= 11 is 0. The molecule has 14 rings (SSSR count). The Bertz CT molecular complexity index is 3980. The molecule has 0 saturated heterocycles. The zero-order chi connectivity index (χ0) is 44.7. The molecule has 14 aromatic carbocycles. The first-order valence-electron chi connectivity index (χ1n) is 23.7. The van der Waals surface area contributed by atoms with Gasteiger partial charge in [-0.2, -0.15) is 0 Å². The maximum Gasteiger partial charge on any atom is -0.00139 e. The molecule has 0 aliphatic rings. The van der Waals surface area contributed by atoms with Crippen LogP contribution >= 0.6 is 0 Å². The van der Waals surface area contributed by atoms with Crippen LogP contribution in [0.3, 0.4) is 0 Å². The van der Waals surface area contributed by atoms with E-state index in [-0.39, 0.29) is 0 Å². The van der Waals surface area contributed by atoms with Gasteiger partial charge in [0.05, 0.1) is 0 Å².